The summed E-state index contributed by atoms with van der Waals surface area (Å²) in [5, 5.41) is 10.3. The molecule has 96 valence electrons. The van der Waals surface area contributed by atoms with Crippen molar-refractivity contribution >= 4 is 11.6 Å². The van der Waals surface area contributed by atoms with Gasteiger partial charge in [-0.1, -0.05) is 17.7 Å². The van der Waals surface area contributed by atoms with Crippen LogP contribution in [-0.4, -0.2) is 14.7 Å². The zero-order valence-corrected chi connectivity index (χ0v) is 10.7. The summed E-state index contributed by atoms with van der Waals surface area (Å²) in [7, 11) is 1.89. The largest absolute Gasteiger partial charge is 0.388 e. The normalized spacial score (nSPS) is 12.7. The molecule has 3 nitrogen and oxygen atoms in total. The SMILES string of the molecule is Cn1ccnc1CCC(O)c1ccc(Cl)cc1F. The Bertz CT molecular complexity index is 542. The smallest absolute Gasteiger partial charge is 0.130 e. The fraction of sp³-hybridized carbons (Fsp3) is 0.308. The Labute approximate surface area is 110 Å². The third-order valence-corrected chi connectivity index (χ3v) is 3.12. The summed E-state index contributed by atoms with van der Waals surface area (Å²) < 4.78 is 15.5. The van der Waals surface area contributed by atoms with Gasteiger partial charge in [0.05, 0.1) is 6.10 Å². The van der Waals surface area contributed by atoms with E-state index >= 15 is 0 Å². The minimum absolute atomic E-state index is 0.272. The molecule has 0 spiro atoms. The molecule has 1 N–H and O–H groups in total. The second-order valence-electron chi connectivity index (χ2n) is 4.17. The van der Waals surface area contributed by atoms with Gasteiger partial charge in [-0.05, 0) is 18.6 Å². The first-order chi connectivity index (χ1) is 8.58. The molecule has 0 radical (unpaired) electrons. The van der Waals surface area contributed by atoms with E-state index in [-0.39, 0.29) is 5.56 Å². The quantitative estimate of drug-likeness (QED) is 0.926. The van der Waals surface area contributed by atoms with Gasteiger partial charge in [0, 0.05) is 36.4 Å². The van der Waals surface area contributed by atoms with Crippen LogP contribution in [0, 0.1) is 5.82 Å². The minimum Gasteiger partial charge on any atom is -0.388 e. The van der Waals surface area contributed by atoms with Crippen LogP contribution in [-0.2, 0) is 13.5 Å². The van der Waals surface area contributed by atoms with Gasteiger partial charge in [-0.15, -0.1) is 0 Å². The first kappa shape index (κ1) is 13.1. The standard InChI is InChI=1S/C13H14ClFN2O/c1-17-7-6-16-13(17)5-4-12(18)10-3-2-9(14)8-11(10)15/h2-3,6-8,12,18H,4-5H2,1H3. The molecule has 2 aromatic rings. The maximum Gasteiger partial charge on any atom is 0.130 e. The first-order valence-electron chi connectivity index (χ1n) is 5.67. The summed E-state index contributed by atoms with van der Waals surface area (Å²) >= 11 is 5.67. The molecule has 1 unspecified atom stereocenters. The number of hydrogen-bond donors (Lipinski definition) is 1. The van der Waals surface area contributed by atoms with E-state index in [0.717, 1.165) is 5.82 Å². The Morgan fingerprint density at radius 1 is 1.50 bits per heavy atom. The summed E-state index contributed by atoms with van der Waals surface area (Å²) in [4.78, 5) is 4.15. The van der Waals surface area contributed by atoms with Crippen LogP contribution in [0.2, 0.25) is 5.02 Å². The number of aryl methyl sites for hydroxylation is 2. The molecule has 0 aliphatic rings. The lowest BCUT2D eigenvalue weighted by Crippen LogP contribution is -2.05. The lowest BCUT2D eigenvalue weighted by molar-refractivity contribution is 0.162. The molecule has 0 aliphatic carbocycles. The summed E-state index contributed by atoms with van der Waals surface area (Å²) in [6, 6.07) is 4.30. The Balaban J connectivity index is 2.03. The Morgan fingerprint density at radius 3 is 2.89 bits per heavy atom. The highest BCUT2D eigenvalue weighted by Crippen LogP contribution is 2.23. The van der Waals surface area contributed by atoms with E-state index < -0.39 is 11.9 Å². The molecule has 18 heavy (non-hydrogen) atoms. The van der Waals surface area contributed by atoms with Gasteiger partial charge in [0.1, 0.15) is 11.6 Å². The average molecular weight is 269 g/mol. The Morgan fingerprint density at radius 2 is 2.28 bits per heavy atom. The van der Waals surface area contributed by atoms with Crippen LogP contribution >= 0.6 is 11.6 Å². The van der Waals surface area contributed by atoms with Crippen molar-refractivity contribution in [3.63, 3.8) is 0 Å². The van der Waals surface area contributed by atoms with Gasteiger partial charge >= 0.3 is 0 Å². The van der Waals surface area contributed by atoms with Crippen molar-refractivity contribution in [1.82, 2.24) is 9.55 Å². The van der Waals surface area contributed by atoms with Gasteiger partial charge in [0.25, 0.3) is 0 Å². The van der Waals surface area contributed by atoms with Crippen molar-refractivity contribution < 1.29 is 9.50 Å². The predicted molar refractivity (Wildman–Crippen MR) is 67.9 cm³/mol. The van der Waals surface area contributed by atoms with E-state index in [4.69, 9.17) is 11.6 Å². The van der Waals surface area contributed by atoms with Crippen LogP contribution in [0.15, 0.2) is 30.6 Å². The molecular weight excluding hydrogens is 255 g/mol. The highest BCUT2D eigenvalue weighted by Gasteiger charge is 2.14. The number of aliphatic hydroxyl groups is 1. The lowest BCUT2D eigenvalue weighted by Gasteiger charge is -2.12. The van der Waals surface area contributed by atoms with Crippen molar-refractivity contribution in [3.05, 3.63) is 52.8 Å². The molecule has 1 aromatic carbocycles. The lowest BCUT2D eigenvalue weighted by atomic mass is 10.0. The zero-order chi connectivity index (χ0) is 13.1. The molecule has 0 amide bonds. The van der Waals surface area contributed by atoms with E-state index in [1.165, 1.54) is 12.1 Å². The third-order valence-electron chi connectivity index (χ3n) is 2.88. The van der Waals surface area contributed by atoms with Crippen LogP contribution in [0.1, 0.15) is 23.9 Å². The number of benzene rings is 1. The third kappa shape index (κ3) is 2.89. The zero-order valence-electron chi connectivity index (χ0n) is 9.98. The molecule has 0 aliphatic heterocycles. The summed E-state index contributed by atoms with van der Waals surface area (Å²) in [6.07, 6.45) is 3.70. The summed E-state index contributed by atoms with van der Waals surface area (Å²) in [5.41, 5.74) is 0.272. The molecule has 5 heteroatoms. The average Bonchev–Trinajstić information content (AvgIpc) is 2.72. The molecule has 1 heterocycles. The Hall–Kier alpha value is -1.39. The number of halogens is 2. The van der Waals surface area contributed by atoms with E-state index in [9.17, 15) is 9.50 Å². The maximum atomic E-state index is 13.6. The highest BCUT2D eigenvalue weighted by molar-refractivity contribution is 6.30. The predicted octanol–water partition coefficient (Wildman–Crippen LogP) is 2.88. The van der Waals surface area contributed by atoms with E-state index in [1.54, 1.807) is 12.3 Å². The fourth-order valence-corrected chi connectivity index (χ4v) is 1.99. The second kappa shape index (κ2) is 5.50. The Kier molecular flexibility index (Phi) is 3.99. The number of hydrogen-bond acceptors (Lipinski definition) is 2. The number of rotatable bonds is 4. The number of imidazole rings is 1. The van der Waals surface area contributed by atoms with Crippen molar-refractivity contribution in [2.75, 3.05) is 0 Å². The highest BCUT2D eigenvalue weighted by atomic mass is 35.5. The topological polar surface area (TPSA) is 38.0 Å². The monoisotopic (exact) mass is 268 g/mol. The molecule has 1 atom stereocenters. The fourth-order valence-electron chi connectivity index (χ4n) is 1.83. The van der Waals surface area contributed by atoms with Crippen molar-refractivity contribution in [2.45, 2.75) is 18.9 Å². The molecule has 0 saturated heterocycles. The molecule has 1 aromatic heterocycles. The molecule has 2 rings (SSSR count). The molecule has 0 bridgehead atoms. The van der Waals surface area contributed by atoms with Crippen LogP contribution in [0.5, 0.6) is 0 Å². The van der Waals surface area contributed by atoms with Gasteiger partial charge in [0.15, 0.2) is 0 Å². The van der Waals surface area contributed by atoms with Crippen LogP contribution in [0.25, 0.3) is 0 Å². The molecule has 0 saturated carbocycles. The number of nitrogens with zero attached hydrogens (tertiary/aromatic N) is 2. The first-order valence-corrected chi connectivity index (χ1v) is 6.05. The van der Waals surface area contributed by atoms with E-state index in [2.05, 4.69) is 4.98 Å². The van der Waals surface area contributed by atoms with Gasteiger partial charge in [-0.2, -0.15) is 0 Å². The van der Waals surface area contributed by atoms with E-state index in [1.807, 2.05) is 17.8 Å². The van der Waals surface area contributed by atoms with E-state index in [0.29, 0.717) is 17.9 Å². The van der Waals surface area contributed by atoms with Crippen LogP contribution < -0.4 is 0 Å². The maximum absolute atomic E-state index is 13.6. The van der Waals surface area contributed by atoms with Crippen LogP contribution in [0.3, 0.4) is 0 Å². The minimum atomic E-state index is -0.848. The van der Waals surface area contributed by atoms with Gasteiger partial charge in [-0.25, -0.2) is 9.37 Å². The summed E-state index contributed by atoms with van der Waals surface area (Å²) in [6.45, 7) is 0. The van der Waals surface area contributed by atoms with Gasteiger partial charge in [0.2, 0.25) is 0 Å². The molecular formula is C13H14ClFN2O. The molecule has 0 fully saturated rings. The van der Waals surface area contributed by atoms with Crippen molar-refractivity contribution in [1.29, 1.82) is 0 Å². The number of aromatic nitrogens is 2. The van der Waals surface area contributed by atoms with Crippen molar-refractivity contribution in [3.8, 4) is 0 Å². The second-order valence-corrected chi connectivity index (χ2v) is 4.61. The van der Waals surface area contributed by atoms with Gasteiger partial charge in [-0.3, -0.25) is 0 Å². The van der Waals surface area contributed by atoms with Crippen molar-refractivity contribution in [2.24, 2.45) is 7.05 Å². The van der Waals surface area contributed by atoms with Gasteiger partial charge < -0.3 is 9.67 Å². The number of aliphatic hydroxyl groups excluding tert-OH is 1. The summed E-state index contributed by atoms with van der Waals surface area (Å²) in [5.74, 6) is 0.387. The van der Waals surface area contributed by atoms with Crippen LogP contribution in [0.4, 0.5) is 4.39 Å².